The van der Waals surface area contributed by atoms with Crippen LogP contribution in [0.2, 0.25) is 5.02 Å². The number of pyridine rings is 1. The zero-order valence-electron chi connectivity index (χ0n) is 30.5. The Kier molecular flexibility index (Phi) is 12.0. The fourth-order valence-electron chi connectivity index (χ4n) is 7.44. The average molecular weight is 752 g/mol. The second kappa shape index (κ2) is 16.3. The maximum atomic E-state index is 15.3. The summed E-state index contributed by atoms with van der Waals surface area (Å²) in [6.07, 6.45) is 2.62. The summed E-state index contributed by atoms with van der Waals surface area (Å²) in [4.78, 5) is 25.4. The molecule has 3 N–H and O–H groups in total. The molecule has 0 amide bonds. The van der Waals surface area contributed by atoms with Gasteiger partial charge < -0.3 is 20.7 Å². The van der Waals surface area contributed by atoms with E-state index in [1.165, 1.54) is 19.5 Å². The second-order valence-corrected chi connectivity index (χ2v) is 15.0. The number of hydrogen-bond donors (Lipinski definition) is 3. The molecule has 0 saturated heterocycles. The number of fused-ring (bicyclic) bond motifs is 1. The van der Waals surface area contributed by atoms with Crippen LogP contribution < -0.4 is 16.1 Å². The van der Waals surface area contributed by atoms with E-state index in [1.807, 2.05) is 19.9 Å². The van der Waals surface area contributed by atoms with Crippen LogP contribution in [-0.4, -0.2) is 60.8 Å². The van der Waals surface area contributed by atoms with Crippen LogP contribution in [0.5, 0.6) is 0 Å². The van der Waals surface area contributed by atoms with E-state index in [1.54, 1.807) is 30.9 Å². The normalized spacial score (nSPS) is 16.6. The van der Waals surface area contributed by atoms with Crippen molar-refractivity contribution in [2.45, 2.75) is 88.9 Å². The third kappa shape index (κ3) is 8.63. The number of rotatable bonds is 15. The maximum Gasteiger partial charge on any atom is 0.270 e. The summed E-state index contributed by atoms with van der Waals surface area (Å²) in [7, 11) is 4.79. The van der Waals surface area contributed by atoms with Gasteiger partial charge in [-0.15, -0.1) is 0 Å². The van der Waals surface area contributed by atoms with Crippen molar-refractivity contribution in [3.05, 3.63) is 91.6 Å². The van der Waals surface area contributed by atoms with Crippen LogP contribution in [0.1, 0.15) is 105 Å². The predicted octanol–water partition coefficient (Wildman–Crippen LogP) is 8.48. The van der Waals surface area contributed by atoms with Gasteiger partial charge in [-0.3, -0.25) is 9.36 Å². The SMILES string of the molecule is CN[B]C(=N)c1c(Cl)ccc(-n2c(C(Cc3cc(F)cc(F)c3)C(C)C)nc3nc(C4CCC(F)(F)CC4)cc(C4CC4)c3c2=O)c1NCCCOC. The second-order valence-electron chi connectivity index (χ2n) is 14.6. The van der Waals surface area contributed by atoms with Crippen LogP contribution in [0, 0.1) is 23.0 Å². The third-order valence-corrected chi connectivity index (χ3v) is 10.7. The molecule has 2 fully saturated rings. The van der Waals surface area contributed by atoms with Crippen molar-refractivity contribution in [1.29, 1.82) is 5.41 Å². The first-order valence-corrected chi connectivity index (χ1v) is 18.6. The summed E-state index contributed by atoms with van der Waals surface area (Å²) in [5, 5.41) is 15.9. The molecule has 1 unspecified atom stereocenters. The molecule has 0 spiro atoms. The molecule has 0 aliphatic heterocycles. The highest BCUT2D eigenvalue weighted by Gasteiger charge is 2.38. The van der Waals surface area contributed by atoms with E-state index in [-0.39, 0.29) is 66.7 Å². The summed E-state index contributed by atoms with van der Waals surface area (Å²) in [5.74, 6) is -4.63. The van der Waals surface area contributed by atoms with Crippen LogP contribution in [0.15, 0.2) is 41.2 Å². The van der Waals surface area contributed by atoms with Crippen molar-refractivity contribution >= 4 is 41.3 Å². The number of aromatic nitrogens is 3. The number of benzene rings is 2. The van der Waals surface area contributed by atoms with Crippen molar-refractivity contribution in [2.24, 2.45) is 5.92 Å². The molecule has 14 heteroatoms. The van der Waals surface area contributed by atoms with Crippen LogP contribution in [-0.2, 0) is 11.2 Å². The minimum absolute atomic E-state index is 0.0793. The summed E-state index contributed by atoms with van der Waals surface area (Å²) in [5.41, 5.74) is 2.99. The van der Waals surface area contributed by atoms with Gasteiger partial charge in [0.25, 0.3) is 13.0 Å². The number of methoxy groups -OCH3 is 1. The number of ether oxygens (including phenoxy) is 1. The summed E-state index contributed by atoms with van der Waals surface area (Å²) >= 11 is 6.78. The lowest BCUT2D eigenvalue weighted by atomic mass is 9.80. The van der Waals surface area contributed by atoms with Gasteiger partial charge in [-0.2, -0.15) is 0 Å². The molecule has 6 rings (SSSR count). The van der Waals surface area contributed by atoms with Gasteiger partial charge in [0, 0.05) is 67.9 Å². The van der Waals surface area contributed by atoms with E-state index in [9.17, 15) is 17.6 Å². The maximum absolute atomic E-state index is 15.3. The fourth-order valence-corrected chi connectivity index (χ4v) is 7.70. The molecule has 4 aromatic rings. The Morgan fingerprint density at radius 1 is 1.08 bits per heavy atom. The molecule has 2 aromatic carbocycles. The summed E-state index contributed by atoms with van der Waals surface area (Å²) < 4.78 is 64.2. The van der Waals surface area contributed by atoms with E-state index in [0.717, 1.165) is 24.5 Å². The number of nitrogens with one attached hydrogen (secondary N) is 3. The number of hydrogen-bond acceptors (Lipinski definition) is 7. The average Bonchev–Trinajstić information content (AvgIpc) is 3.94. The number of halogens is 5. The van der Waals surface area contributed by atoms with Gasteiger partial charge in [0.1, 0.15) is 17.5 Å². The molecular formula is C39H45BClF4N6O2. The molecule has 0 bridgehead atoms. The van der Waals surface area contributed by atoms with Crippen molar-refractivity contribution in [3.8, 4) is 5.69 Å². The molecule has 2 heterocycles. The van der Waals surface area contributed by atoms with Gasteiger partial charge >= 0.3 is 0 Å². The predicted molar refractivity (Wildman–Crippen MR) is 203 cm³/mol. The van der Waals surface area contributed by atoms with E-state index in [0.29, 0.717) is 64.0 Å². The lowest BCUT2D eigenvalue weighted by molar-refractivity contribution is -0.0384. The standard InChI is InChI=1S/C39H45BClF4N6O2/c1-21(2)27(18-22-16-25(42)19-26(43)17-22)37-50-36-32(28(23-6-7-23)20-30(49-36)24-10-12-39(44,45)13-11-24)38(52)51(37)31-9-8-29(41)33(35(46)40-47-3)34(31)48-14-5-15-53-4/h8-9,16-17,19-21,23-24,27,46-48H,5-7,10-15,18H2,1-4H3. The minimum Gasteiger partial charge on any atom is -0.385 e. The molecule has 1 atom stereocenters. The molecule has 1 radical (unpaired) electrons. The van der Waals surface area contributed by atoms with Crippen LogP contribution in [0.3, 0.4) is 0 Å². The molecular weight excluding hydrogens is 707 g/mol. The molecule has 2 aromatic heterocycles. The van der Waals surface area contributed by atoms with Crippen molar-refractivity contribution in [3.63, 3.8) is 0 Å². The zero-order valence-corrected chi connectivity index (χ0v) is 31.2. The largest absolute Gasteiger partial charge is 0.385 e. The fraction of sp³-hybridized carbons (Fsp3) is 0.487. The van der Waals surface area contributed by atoms with Crippen molar-refractivity contribution in [1.82, 2.24) is 19.8 Å². The van der Waals surface area contributed by atoms with E-state index in [2.05, 4.69) is 10.5 Å². The van der Waals surface area contributed by atoms with Crippen molar-refractivity contribution in [2.75, 3.05) is 32.6 Å². The van der Waals surface area contributed by atoms with Gasteiger partial charge in [-0.1, -0.05) is 25.4 Å². The van der Waals surface area contributed by atoms with Gasteiger partial charge in [0.15, 0.2) is 5.65 Å². The quantitative estimate of drug-likeness (QED) is 0.0488. The van der Waals surface area contributed by atoms with Gasteiger partial charge in [0.2, 0.25) is 5.92 Å². The first kappa shape index (κ1) is 38.9. The van der Waals surface area contributed by atoms with Gasteiger partial charge in [0.05, 0.1) is 21.8 Å². The highest BCUT2D eigenvalue weighted by molar-refractivity contribution is 6.77. The summed E-state index contributed by atoms with van der Waals surface area (Å²) in [6, 6.07) is 8.65. The Balaban J connectivity index is 1.64. The van der Waals surface area contributed by atoms with Gasteiger partial charge in [-0.25, -0.2) is 27.5 Å². The molecule has 2 saturated carbocycles. The lowest BCUT2D eigenvalue weighted by Gasteiger charge is -2.29. The molecule has 53 heavy (non-hydrogen) atoms. The molecule has 2 aliphatic rings. The van der Waals surface area contributed by atoms with E-state index >= 15 is 4.79 Å². The Morgan fingerprint density at radius 2 is 1.77 bits per heavy atom. The molecule has 2 aliphatic carbocycles. The topological polar surface area (TPSA) is 105 Å². The van der Waals surface area contributed by atoms with Crippen LogP contribution in [0.4, 0.5) is 23.2 Å². The van der Waals surface area contributed by atoms with Gasteiger partial charge in [-0.05, 0) is 98.9 Å². The highest BCUT2D eigenvalue weighted by atomic mass is 35.5. The Bertz CT molecular complexity index is 2030. The Morgan fingerprint density at radius 3 is 2.40 bits per heavy atom. The highest BCUT2D eigenvalue weighted by Crippen LogP contribution is 2.46. The minimum atomic E-state index is -2.71. The third-order valence-electron chi connectivity index (χ3n) is 10.3. The zero-order chi connectivity index (χ0) is 38.0. The summed E-state index contributed by atoms with van der Waals surface area (Å²) in [6.45, 7) is 4.81. The Hall–Kier alpha value is -3.81. The molecule has 281 valence electrons. The van der Waals surface area contributed by atoms with Crippen LogP contribution in [0.25, 0.3) is 16.7 Å². The number of anilines is 1. The van der Waals surface area contributed by atoms with Crippen molar-refractivity contribution < 1.29 is 22.3 Å². The van der Waals surface area contributed by atoms with E-state index in [4.69, 9.17) is 31.7 Å². The first-order valence-electron chi connectivity index (χ1n) is 18.3. The van der Waals surface area contributed by atoms with E-state index < -0.39 is 23.5 Å². The number of nitrogens with zero attached hydrogens (tertiary/aromatic N) is 3. The number of alkyl halides is 2. The monoisotopic (exact) mass is 751 g/mol. The first-order chi connectivity index (χ1) is 25.3. The smallest absolute Gasteiger partial charge is 0.270 e. The lowest BCUT2D eigenvalue weighted by Crippen LogP contribution is -2.31. The van der Waals surface area contributed by atoms with Crippen LogP contribution >= 0.6 is 11.6 Å². The molecule has 8 nitrogen and oxygen atoms in total. The Labute approximate surface area is 312 Å².